The van der Waals surface area contributed by atoms with E-state index in [1.54, 1.807) is 10.3 Å². The molecular weight excluding hydrogens is 250 g/mol. The molecule has 18 heavy (non-hydrogen) atoms. The molecule has 0 atom stereocenters. The smallest absolute Gasteiger partial charge is 0.275 e. The molecule has 7 heteroatoms. The lowest BCUT2D eigenvalue weighted by molar-refractivity contribution is 0.0516. The van der Waals surface area contributed by atoms with E-state index in [4.69, 9.17) is 5.26 Å². The second kappa shape index (κ2) is 5.00. The summed E-state index contributed by atoms with van der Waals surface area (Å²) in [7, 11) is 0. The molecule has 2 heterocycles. The highest BCUT2D eigenvalue weighted by Gasteiger charge is 2.31. The van der Waals surface area contributed by atoms with Crippen molar-refractivity contribution in [2.24, 2.45) is 0 Å². The normalized spacial score (nSPS) is 17.5. The number of piperazine rings is 1. The highest BCUT2D eigenvalue weighted by atomic mass is 32.1. The van der Waals surface area contributed by atoms with Crippen molar-refractivity contribution in [3.8, 4) is 6.07 Å². The zero-order valence-electron chi connectivity index (χ0n) is 10.5. The number of nitriles is 1. The van der Waals surface area contributed by atoms with Gasteiger partial charge in [0.1, 0.15) is 5.54 Å². The van der Waals surface area contributed by atoms with Gasteiger partial charge in [-0.1, -0.05) is 4.49 Å². The molecule has 1 saturated heterocycles. The summed E-state index contributed by atoms with van der Waals surface area (Å²) in [5.41, 5.74) is -0.0647. The zero-order valence-corrected chi connectivity index (χ0v) is 11.3. The first-order valence-electron chi connectivity index (χ1n) is 5.77. The van der Waals surface area contributed by atoms with E-state index in [-0.39, 0.29) is 5.91 Å². The van der Waals surface area contributed by atoms with Gasteiger partial charge in [-0.15, -0.1) is 5.10 Å². The largest absolute Gasteiger partial charge is 0.335 e. The van der Waals surface area contributed by atoms with E-state index in [2.05, 4.69) is 20.6 Å². The van der Waals surface area contributed by atoms with Crippen molar-refractivity contribution in [3.63, 3.8) is 0 Å². The zero-order chi connectivity index (χ0) is 13.2. The van der Waals surface area contributed by atoms with Crippen molar-refractivity contribution in [2.45, 2.75) is 19.4 Å². The molecule has 0 bridgehead atoms. The summed E-state index contributed by atoms with van der Waals surface area (Å²) >= 11 is 1.18. The topological polar surface area (TPSA) is 73.1 Å². The lowest BCUT2D eigenvalue weighted by Crippen LogP contribution is -2.55. The number of nitrogens with zero attached hydrogens (tertiary/aromatic N) is 5. The Morgan fingerprint density at radius 1 is 1.44 bits per heavy atom. The van der Waals surface area contributed by atoms with E-state index >= 15 is 0 Å². The molecule has 0 N–H and O–H groups in total. The lowest BCUT2D eigenvalue weighted by atomic mass is 10.0. The Kier molecular flexibility index (Phi) is 3.59. The third-order valence-electron chi connectivity index (χ3n) is 3.21. The van der Waals surface area contributed by atoms with Crippen LogP contribution in [0.25, 0.3) is 0 Å². The Bertz CT molecular complexity index is 456. The second-order valence-corrected chi connectivity index (χ2v) is 5.35. The molecule has 1 aromatic heterocycles. The Morgan fingerprint density at radius 2 is 2.11 bits per heavy atom. The molecule has 0 saturated carbocycles. The van der Waals surface area contributed by atoms with E-state index in [9.17, 15) is 4.79 Å². The molecule has 1 fully saturated rings. The van der Waals surface area contributed by atoms with Crippen LogP contribution < -0.4 is 0 Å². The fraction of sp³-hybridized carbons (Fsp3) is 0.636. The quantitative estimate of drug-likeness (QED) is 0.783. The molecule has 1 amide bonds. The fourth-order valence-corrected chi connectivity index (χ4v) is 2.39. The average Bonchev–Trinajstić information content (AvgIpc) is 2.92. The number of hydrogen-bond donors (Lipinski definition) is 0. The number of amides is 1. The van der Waals surface area contributed by atoms with Crippen LogP contribution in [0.1, 0.15) is 24.3 Å². The van der Waals surface area contributed by atoms with Crippen molar-refractivity contribution >= 4 is 17.4 Å². The minimum atomic E-state index is -0.475. The number of aromatic nitrogens is 2. The predicted octanol–water partition coefficient (Wildman–Crippen LogP) is 0.598. The molecule has 1 aliphatic heterocycles. The van der Waals surface area contributed by atoms with Gasteiger partial charge in [0.15, 0.2) is 5.69 Å². The first kappa shape index (κ1) is 12.9. The van der Waals surface area contributed by atoms with Gasteiger partial charge in [0.05, 0.1) is 6.07 Å². The molecule has 2 rings (SSSR count). The molecule has 96 valence electrons. The fourth-order valence-electron chi connectivity index (χ4n) is 1.96. The first-order chi connectivity index (χ1) is 8.54. The minimum absolute atomic E-state index is 0.0711. The Morgan fingerprint density at radius 3 is 2.61 bits per heavy atom. The van der Waals surface area contributed by atoms with Gasteiger partial charge in [-0.2, -0.15) is 5.26 Å². The molecule has 0 aromatic carbocycles. The highest BCUT2D eigenvalue weighted by Crippen LogP contribution is 2.16. The van der Waals surface area contributed by atoms with Gasteiger partial charge in [-0.3, -0.25) is 9.69 Å². The van der Waals surface area contributed by atoms with Crippen LogP contribution in [0.4, 0.5) is 0 Å². The SMILES string of the molecule is CC(C)(C#N)N1CCN(C(=O)c2csnn2)CC1. The van der Waals surface area contributed by atoms with E-state index in [0.717, 1.165) is 0 Å². The number of carbonyl (C=O) groups excluding carboxylic acids is 1. The maximum Gasteiger partial charge on any atom is 0.275 e. The van der Waals surface area contributed by atoms with E-state index < -0.39 is 5.54 Å². The van der Waals surface area contributed by atoms with Crippen molar-refractivity contribution in [2.75, 3.05) is 26.2 Å². The maximum atomic E-state index is 12.0. The van der Waals surface area contributed by atoms with Gasteiger partial charge in [0, 0.05) is 31.6 Å². The Balaban J connectivity index is 1.96. The molecule has 0 unspecified atom stereocenters. The molecule has 0 radical (unpaired) electrons. The summed E-state index contributed by atoms with van der Waals surface area (Å²) in [6, 6.07) is 2.28. The molecule has 0 aliphatic carbocycles. The summed E-state index contributed by atoms with van der Waals surface area (Å²) in [5, 5.41) is 14.5. The summed E-state index contributed by atoms with van der Waals surface area (Å²) in [6.07, 6.45) is 0. The number of rotatable bonds is 2. The van der Waals surface area contributed by atoms with Crippen LogP contribution in [0, 0.1) is 11.3 Å². The van der Waals surface area contributed by atoms with Crippen LogP contribution >= 0.6 is 11.5 Å². The van der Waals surface area contributed by atoms with Gasteiger partial charge >= 0.3 is 0 Å². The molecule has 1 aliphatic rings. The number of hydrogen-bond acceptors (Lipinski definition) is 6. The molecule has 6 nitrogen and oxygen atoms in total. The van der Waals surface area contributed by atoms with Gasteiger partial charge in [0.25, 0.3) is 5.91 Å². The lowest BCUT2D eigenvalue weighted by Gasteiger charge is -2.40. The summed E-state index contributed by atoms with van der Waals surface area (Å²) in [6.45, 7) is 6.47. The van der Waals surface area contributed by atoms with Crippen molar-refractivity contribution < 1.29 is 4.79 Å². The van der Waals surface area contributed by atoms with Crippen molar-refractivity contribution in [3.05, 3.63) is 11.1 Å². The average molecular weight is 265 g/mol. The Labute approximate surface area is 110 Å². The van der Waals surface area contributed by atoms with Gasteiger partial charge in [-0.25, -0.2) is 0 Å². The van der Waals surface area contributed by atoms with E-state index in [0.29, 0.717) is 31.9 Å². The van der Waals surface area contributed by atoms with Crippen LogP contribution in [-0.2, 0) is 0 Å². The molecule has 0 spiro atoms. The minimum Gasteiger partial charge on any atom is -0.335 e. The molecule has 1 aromatic rings. The van der Waals surface area contributed by atoms with Crippen LogP contribution in [0.15, 0.2) is 5.38 Å². The highest BCUT2D eigenvalue weighted by molar-refractivity contribution is 7.03. The molecular formula is C11H15N5OS. The summed E-state index contributed by atoms with van der Waals surface area (Å²) in [5.74, 6) is -0.0711. The van der Waals surface area contributed by atoms with E-state index in [1.807, 2.05) is 13.8 Å². The van der Waals surface area contributed by atoms with Crippen molar-refractivity contribution in [1.82, 2.24) is 19.4 Å². The van der Waals surface area contributed by atoms with Crippen molar-refractivity contribution in [1.29, 1.82) is 5.26 Å². The third kappa shape index (κ3) is 2.49. The predicted molar refractivity (Wildman–Crippen MR) is 67.1 cm³/mol. The van der Waals surface area contributed by atoms with Crippen LogP contribution in [0.5, 0.6) is 0 Å². The first-order valence-corrected chi connectivity index (χ1v) is 6.61. The summed E-state index contributed by atoms with van der Waals surface area (Å²) in [4.78, 5) is 15.9. The van der Waals surface area contributed by atoms with E-state index in [1.165, 1.54) is 11.5 Å². The van der Waals surface area contributed by atoms with Crippen LogP contribution in [0.2, 0.25) is 0 Å². The van der Waals surface area contributed by atoms with Crippen LogP contribution in [-0.4, -0.2) is 57.0 Å². The monoisotopic (exact) mass is 265 g/mol. The standard InChI is InChI=1S/C11H15N5OS/c1-11(2,8-12)16-5-3-15(4-6-16)10(17)9-7-18-14-13-9/h7H,3-6H2,1-2H3. The second-order valence-electron chi connectivity index (χ2n) is 4.74. The van der Waals surface area contributed by atoms with Gasteiger partial charge in [-0.05, 0) is 25.4 Å². The van der Waals surface area contributed by atoms with Gasteiger partial charge < -0.3 is 4.90 Å². The number of carbonyl (C=O) groups is 1. The van der Waals surface area contributed by atoms with Gasteiger partial charge in [0.2, 0.25) is 0 Å². The van der Waals surface area contributed by atoms with Crippen LogP contribution in [0.3, 0.4) is 0 Å². The Hall–Kier alpha value is -1.52. The summed E-state index contributed by atoms with van der Waals surface area (Å²) < 4.78 is 3.70. The third-order valence-corrected chi connectivity index (χ3v) is 3.71. The maximum absolute atomic E-state index is 12.0.